The fraction of sp³-hybridized carbons (Fsp3) is 0.400. The van der Waals surface area contributed by atoms with Crippen molar-refractivity contribution in [1.29, 1.82) is 0 Å². The lowest BCUT2D eigenvalue weighted by Gasteiger charge is -2.24. The molecule has 1 rings (SSSR count). The fourth-order valence-electron chi connectivity index (χ4n) is 1.69. The van der Waals surface area contributed by atoms with Gasteiger partial charge in [0.1, 0.15) is 0 Å². The normalized spacial score (nSPS) is 16.5. The molecule has 17 heavy (non-hydrogen) atoms. The smallest absolute Gasteiger partial charge is 0.228 e. The van der Waals surface area contributed by atoms with E-state index in [2.05, 4.69) is 5.14 Å². The van der Waals surface area contributed by atoms with Gasteiger partial charge < -0.3 is 0 Å². The minimum atomic E-state index is -4.89. The Labute approximate surface area is 97.5 Å². The van der Waals surface area contributed by atoms with Crippen molar-refractivity contribution in [2.24, 2.45) is 5.14 Å². The van der Waals surface area contributed by atoms with E-state index in [1.54, 1.807) is 18.2 Å². The lowest BCUT2D eigenvalue weighted by Crippen LogP contribution is -2.44. The largest absolute Gasteiger partial charge is 0.407 e. The van der Waals surface area contributed by atoms with Crippen LogP contribution in [0.2, 0.25) is 0 Å². The van der Waals surface area contributed by atoms with E-state index in [0.717, 1.165) is 0 Å². The predicted octanol–water partition coefficient (Wildman–Crippen LogP) is 2.01. The van der Waals surface area contributed by atoms with Crippen LogP contribution in [0.25, 0.3) is 0 Å². The lowest BCUT2D eigenvalue weighted by molar-refractivity contribution is -0.133. The molecule has 0 aliphatic rings. The topological polar surface area (TPSA) is 60.2 Å². The molecule has 7 heteroatoms. The van der Waals surface area contributed by atoms with Crippen molar-refractivity contribution >= 4 is 10.0 Å². The summed E-state index contributed by atoms with van der Waals surface area (Å²) in [6.45, 7) is 1.19. The van der Waals surface area contributed by atoms with Gasteiger partial charge in [0, 0.05) is 5.92 Å². The molecule has 96 valence electrons. The second kappa shape index (κ2) is 4.66. The Morgan fingerprint density at radius 1 is 1.18 bits per heavy atom. The van der Waals surface area contributed by atoms with Gasteiger partial charge in [-0.1, -0.05) is 37.3 Å². The molecule has 0 radical (unpaired) electrons. The SMILES string of the molecule is CC(c1ccccc1)C(C(F)(F)F)S(N)(=O)=O. The zero-order valence-corrected chi connectivity index (χ0v) is 9.79. The number of sulfonamides is 1. The number of rotatable bonds is 3. The molecule has 0 amide bonds. The van der Waals surface area contributed by atoms with Gasteiger partial charge in [-0.2, -0.15) is 13.2 Å². The van der Waals surface area contributed by atoms with Gasteiger partial charge in [-0.3, -0.25) is 0 Å². The van der Waals surface area contributed by atoms with Crippen molar-refractivity contribution < 1.29 is 21.6 Å². The van der Waals surface area contributed by atoms with Gasteiger partial charge in [-0.05, 0) is 5.56 Å². The van der Waals surface area contributed by atoms with Crippen LogP contribution < -0.4 is 5.14 Å². The zero-order valence-electron chi connectivity index (χ0n) is 8.98. The van der Waals surface area contributed by atoms with Crippen molar-refractivity contribution in [2.45, 2.75) is 24.3 Å². The summed E-state index contributed by atoms with van der Waals surface area (Å²) in [6.07, 6.45) is -4.89. The zero-order chi connectivity index (χ0) is 13.3. The van der Waals surface area contributed by atoms with Gasteiger partial charge >= 0.3 is 6.18 Å². The van der Waals surface area contributed by atoms with Crippen molar-refractivity contribution in [3.05, 3.63) is 35.9 Å². The van der Waals surface area contributed by atoms with Crippen LogP contribution in [0.1, 0.15) is 18.4 Å². The Balaban J connectivity index is 3.18. The van der Waals surface area contributed by atoms with Crippen molar-refractivity contribution in [3.8, 4) is 0 Å². The van der Waals surface area contributed by atoms with Crippen LogP contribution in [0.15, 0.2) is 30.3 Å². The van der Waals surface area contributed by atoms with Crippen LogP contribution in [0.4, 0.5) is 13.2 Å². The Kier molecular flexibility index (Phi) is 3.83. The van der Waals surface area contributed by atoms with E-state index in [1.165, 1.54) is 19.1 Å². The first-order valence-electron chi connectivity index (χ1n) is 4.77. The second-order valence-corrected chi connectivity index (χ2v) is 5.44. The number of hydrogen-bond donors (Lipinski definition) is 1. The molecule has 0 fully saturated rings. The fourth-order valence-corrected chi connectivity index (χ4v) is 2.78. The van der Waals surface area contributed by atoms with Crippen LogP contribution in [0.3, 0.4) is 0 Å². The van der Waals surface area contributed by atoms with E-state index in [4.69, 9.17) is 0 Å². The maximum Gasteiger partial charge on any atom is 0.407 e. The molecule has 1 aromatic carbocycles. The maximum absolute atomic E-state index is 12.7. The minimum Gasteiger partial charge on any atom is -0.228 e. The first-order valence-corrected chi connectivity index (χ1v) is 6.38. The summed E-state index contributed by atoms with van der Waals surface area (Å²) in [6, 6.07) is 7.60. The Morgan fingerprint density at radius 3 is 2.00 bits per heavy atom. The molecule has 2 N–H and O–H groups in total. The molecule has 0 aliphatic heterocycles. The predicted molar refractivity (Wildman–Crippen MR) is 57.8 cm³/mol. The number of benzene rings is 1. The van der Waals surface area contributed by atoms with E-state index in [1.807, 2.05) is 0 Å². The minimum absolute atomic E-state index is 0.281. The molecule has 0 bridgehead atoms. The summed E-state index contributed by atoms with van der Waals surface area (Å²) in [5.74, 6) is -1.24. The Hall–Kier alpha value is -1.08. The number of alkyl halides is 3. The van der Waals surface area contributed by atoms with E-state index in [-0.39, 0.29) is 5.56 Å². The number of primary sulfonamides is 1. The summed E-state index contributed by atoms with van der Waals surface area (Å²) in [5.41, 5.74) is 0.281. The molecule has 2 unspecified atom stereocenters. The van der Waals surface area contributed by atoms with Crippen molar-refractivity contribution in [1.82, 2.24) is 0 Å². The van der Waals surface area contributed by atoms with Gasteiger partial charge in [0.15, 0.2) is 5.25 Å². The molecule has 0 aliphatic carbocycles. The number of hydrogen-bond acceptors (Lipinski definition) is 2. The average molecular weight is 267 g/mol. The quantitative estimate of drug-likeness (QED) is 0.910. The van der Waals surface area contributed by atoms with Gasteiger partial charge in [0.25, 0.3) is 0 Å². The van der Waals surface area contributed by atoms with Gasteiger partial charge in [-0.25, -0.2) is 13.6 Å². The lowest BCUT2D eigenvalue weighted by atomic mass is 9.97. The van der Waals surface area contributed by atoms with Crippen molar-refractivity contribution in [2.75, 3.05) is 0 Å². The molecule has 0 saturated carbocycles. The highest BCUT2D eigenvalue weighted by atomic mass is 32.2. The van der Waals surface area contributed by atoms with Gasteiger partial charge in [0.2, 0.25) is 10.0 Å². The summed E-state index contributed by atoms with van der Waals surface area (Å²) in [5, 5.41) is 2.07. The molecule has 0 spiro atoms. The molecular weight excluding hydrogens is 255 g/mol. The van der Waals surface area contributed by atoms with Gasteiger partial charge in [0.05, 0.1) is 0 Å². The van der Waals surface area contributed by atoms with Crippen LogP contribution in [-0.4, -0.2) is 19.8 Å². The Bertz CT molecular complexity index is 470. The third-order valence-electron chi connectivity index (χ3n) is 2.46. The molecular formula is C10H12F3NO2S. The third-order valence-corrected chi connectivity index (χ3v) is 3.84. The first kappa shape index (κ1) is 14.0. The molecule has 0 heterocycles. The standard InChI is InChI=1S/C10H12F3NO2S/c1-7(8-5-3-2-4-6-8)9(10(11,12)13)17(14,15)16/h2-7,9H,1H3,(H2,14,15,16). The van der Waals surface area contributed by atoms with Gasteiger partial charge in [-0.15, -0.1) is 0 Å². The highest BCUT2D eigenvalue weighted by Crippen LogP contribution is 2.35. The molecule has 0 saturated heterocycles. The summed E-state index contributed by atoms with van der Waals surface area (Å²) in [4.78, 5) is 0. The average Bonchev–Trinajstić information content (AvgIpc) is 2.14. The molecule has 0 aromatic heterocycles. The monoisotopic (exact) mass is 267 g/mol. The number of halogens is 3. The molecule has 1 aromatic rings. The first-order chi connectivity index (χ1) is 7.64. The van der Waals surface area contributed by atoms with E-state index >= 15 is 0 Å². The van der Waals surface area contributed by atoms with Crippen LogP contribution >= 0.6 is 0 Å². The second-order valence-electron chi connectivity index (χ2n) is 3.75. The highest BCUT2D eigenvalue weighted by Gasteiger charge is 2.50. The summed E-state index contributed by atoms with van der Waals surface area (Å²) < 4.78 is 60.2. The molecule has 2 atom stereocenters. The van der Waals surface area contributed by atoms with Crippen LogP contribution in [0.5, 0.6) is 0 Å². The maximum atomic E-state index is 12.7. The molecule has 3 nitrogen and oxygen atoms in total. The Morgan fingerprint density at radius 2 is 1.65 bits per heavy atom. The van der Waals surface area contributed by atoms with E-state index in [9.17, 15) is 21.6 Å². The van der Waals surface area contributed by atoms with Crippen LogP contribution in [-0.2, 0) is 10.0 Å². The number of nitrogens with two attached hydrogens (primary N) is 1. The summed E-state index contributed by atoms with van der Waals surface area (Å²) in [7, 11) is -4.70. The third kappa shape index (κ3) is 3.44. The highest BCUT2D eigenvalue weighted by molar-refractivity contribution is 7.89. The van der Waals surface area contributed by atoms with Crippen LogP contribution in [0, 0.1) is 0 Å². The summed E-state index contributed by atoms with van der Waals surface area (Å²) >= 11 is 0. The van der Waals surface area contributed by atoms with E-state index in [0.29, 0.717) is 0 Å². The van der Waals surface area contributed by atoms with Crippen molar-refractivity contribution in [3.63, 3.8) is 0 Å². The van der Waals surface area contributed by atoms with E-state index < -0.39 is 27.4 Å².